The number of benzene rings is 1. The molecule has 5 heteroatoms. The van der Waals surface area contributed by atoms with Crippen molar-refractivity contribution in [3.63, 3.8) is 0 Å². The number of nitrogens with one attached hydrogen (secondary N) is 2. The van der Waals surface area contributed by atoms with E-state index in [1.54, 1.807) is 6.20 Å². The van der Waals surface area contributed by atoms with Crippen molar-refractivity contribution >= 4 is 11.6 Å². The monoisotopic (exact) mass is 284 g/mol. The minimum atomic E-state index is -0.0910. The van der Waals surface area contributed by atoms with Crippen molar-refractivity contribution in [3.05, 3.63) is 47.3 Å². The predicted octanol–water partition coefficient (Wildman–Crippen LogP) is 2.36. The van der Waals surface area contributed by atoms with Gasteiger partial charge in [0.15, 0.2) is 0 Å². The third-order valence-electron chi connectivity index (χ3n) is 3.74. The first-order chi connectivity index (χ1) is 10.1. The first kappa shape index (κ1) is 13.8. The van der Waals surface area contributed by atoms with E-state index in [-0.39, 0.29) is 11.9 Å². The van der Waals surface area contributed by atoms with Gasteiger partial charge in [-0.1, -0.05) is 6.07 Å². The van der Waals surface area contributed by atoms with Gasteiger partial charge < -0.3 is 10.6 Å². The van der Waals surface area contributed by atoms with Crippen molar-refractivity contribution in [2.45, 2.75) is 32.9 Å². The van der Waals surface area contributed by atoms with Crippen molar-refractivity contribution in [2.75, 3.05) is 11.9 Å². The normalized spacial score (nSPS) is 14.0. The van der Waals surface area contributed by atoms with Crippen molar-refractivity contribution in [3.8, 4) is 0 Å². The van der Waals surface area contributed by atoms with Crippen LogP contribution in [0.3, 0.4) is 0 Å². The molecule has 0 spiro atoms. The van der Waals surface area contributed by atoms with E-state index in [2.05, 4.69) is 35.6 Å². The Morgan fingerprint density at radius 2 is 2.24 bits per heavy atom. The highest BCUT2D eigenvalue weighted by Crippen LogP contribution is 2.17. The van der Waals surface area contributed by atoms with Crippen LogP contribution in [0.25, 0.3) is 0 Å². The van der Waals surface area contributed by atoms with E-state index in [1.165, 1.54) is 11.1 Å². The second kappa shape index (κ2) is 5.69. The summed E-state index contributed by atoms with van der Waals surface area (Å²) in [4.78, 5) is 12.3. The largest absolute Gasteiger partial charge is 0.319 e. The number of nitrogens with zero attached hydrogens (tertiary/aromatic N) is 2. The van der Waals surface area contributed by atoms with Crippen molar-refractivity contribution in [1.82, 2.24) is 15.1 Å². The summed E-state index contributed by atoms with van der Waals surface area (Å²) >= 11 is 0. The maximum absolute atomic E-state index is 12.3. The molecule has 0 saturated carbocycles. The number of carbonyl (C=O) groups is 1. The first-order valence-corrected chi connectivity index (χ1v) is 7.31. The average Bonchev–Trinajstić information content (AvgIpc) is 2.95. The molecule has 2 N–H and O–H groups in total. The van der Waals surface area contributed by atoms with Crippen LogP contribution in [0.15, 0.2) is 30.6 Å². The minimum absolute atomic E-state index is 0.0910. The van der Waals surface area contributed by atoms with Crippen LogP contribution in [0.4, 0.5) is 5.69 Å². The molecular formula is C16H20N4O. The van der Waals surface area contributed by atoms with Crippen LogP contribution in [0.2, 0.25) is 0 Å². The topological polar surface area (TPSA) is 59.0 Å². The lowest BCUT2D eigenvalue weighted by atomic mass is 9.98. The Hall–Kier alpha value is -2.14. The Bertz CT molecular complexity index is 660. The maximum Gasteiger partial charge on any atom is 0.255 e. The van der Waals surface area contributed by atoms with Crippen LogP contribution in [-0.4, -0.2) is 22.2 Å². The van der Waals surface area contributed by atoms with E-state index in [0.717, 1.165) is 25.2 Å². The smallest absolute Gasteiger partial charge is 0.255 e. The van der Waals surface area contributed by atoms with E-state index < -0.39 is 0 Å². The molecule has 3 rings (SSSR count). The number of amides is 1. The van der Waals surface area contributed by atoms with Gasteiger partial charge in [-0.3, -0.25) is 9.48 Å². The highest BCUT2D eigenvalue weighted by molar-refractivity contribution is 6.04. The second-order valence-electron chi connectivity index (χ2n) is 5.67. The fraction of sp³-hybridized carbons (Fsp3) is 0.375. The molecule has 1 aromatic carbocycles. The molecule has 1 amide bonds. The zero-order chi connectivity index (χ0) is 14.8. The van der Waals surface area contributed by atoms with E-state index in [1.807, 2.05) is 23.0 Å². The summed E-state index contributed by atoms with van der Waals surface area (Å²) in [5.74, 6) is -0.0910. The second-order valence-corrected chi connectivity index (χ2v) is 5.67. The number of carbonyl (C=O) groups excluding carboxylic acids is 1. The van der Waals surface area contributed by atoms with Gasteiger partial charge in [-0.05, 0) is 50.1 Å². The molecule has 2 heterocycles. The standard InChI is InChI=1S/C16H20N4O/c1-11(2)20-10-15(9-18-20)19-16(21)13-4-3-12-5-6-17-8-14(12)7-13/h3-4,7,9-11,17H,5-6,8H2,1-2H3,(H,19,21). The van der Waals surface area contributed by atoms with Crippen LogP contribution >= 0.6 is 0 Å². The molecule has 0 radical (unpaired) electrons. The molecule has 0 aliphatic carbocycles. The molecule has 0 bridgehead atoms. The number of aromatic nitrogens is 2. The van der Waals surface area contributed by atoms with E-state index in [0.29, 0.717) is 5.56 Å². The van der Waals surface area contributed by atoms with Gasteiger partial charge in [0, 0.05) is 24.3 Å². The van der Waals surface area contributed by atoms with Crippen molar-refractivity contribution < 1.29 is 4.79 Å². The molecule has 0 fully saturated rings. The minimum Gasteiger partial charge on any atom is -0.319 e. The molecule has 2 aromatic rings. The van der Waals surface area contributed by atoms with Gasteiger partial charge in [-0.25, -0.2) is 0 Å². The van der Waals surface area contributed by atoms with Gasteiger partial charge in [-0.15, -0.1) is 0 Å². The molecule has 1 aliphatic heterocycles. The highest BCUT2D eigenvalue weighted by Gasteiger charge is 2.13. The highest BCUT2D eigenvalue weighted by atomic mass is 16.1. The fourth-order valence-corrected chi connectivity index (χ4v) is 2.51. The Kier molecular flexibility index (Phi) is 3.75. The number of rotatable bonds is 3. The van der Waals surface area contributed by atoms with Crippen LogP contribution in [0, 0.1) is 0 Å². The van der Waals surface area contributed by atoms with Crippen LogP contribution in [0.1, 0.15) is 41.4 Å². The van der Waals surface area contributed by atoms with E-state index in [4.69, 9.17) is 0 Å². The van der Waals surface area contributed by atoms with Gasteiger partial charge in [0.1, 0.15) is 0 Å². The van der Waals surface area contributed by atoms with Gasteiger partial charge >= 0.3 is 0 Å². The molecule has 0 unspecified atom stereocenters. The van der Waals surface area contributed by atoms with E-state index >= 15 is 0 Å². The molecular weight excluding hydrogens is 264 g/mol. The summed E-state index contributed by atoms with van der Waals surface area (Å²) in [5.41, 5.74) is 3.96. The molecule has 5 nitrogen and oxygen atoms in total. The molecule has 21 heavy (non-hydrogen) atoms. The maximum atomic E-state index is 12.3. The lowest BCUT2D eigenvalue weighted by Crippen LogP contribution is -2.24. The predicted molar refractivity (Wildman–Crippen MR) is 82.4 cm³/mol. The molecule has 110 valence electrons. The van der Waals surface area contributed by atoms with E-state index in [9.17, 15) is 4.79 Å². The van der Waals surface area contributed by atoms with Gasteiger partial charge in [0.05, 0.1) is 11.9 Å². The van der Waals surface area contributed by atoms with Crippen molar-refractivity contribution in [1.29, 1.82) is 0 Å². The van der Waals surface area contributed by atoms with Crippen LogP contribution < -0.4 is 10.6 Å². The number of fused-ring (bicyclic) bond motifs is 1. The molecule has 1 aliphatic rings. The molecule has 0 saturated heterocycles. The van der Waals surface area contributed by atoms with Gasteiger partial charge in [0.2, 0.25) is 0 Å². The average molecular weight is 284 g/mol. The summed E-state index contributed by atoms with van der Waals surface area (Å²) in [6.07, 6.45) is 4.55. The van der Waals surface area contributed by atoms with Crippen molar-refractivity contribution in [2.24, 2.45) is 0 Å². The van der Waals surface area contributed by atoms with Crippen LogP contribution in [-0.2, 0) is 13.0 Å². The first-order valence-electron chi connectivity index (χ1n) is 7.31. The van der Waals surface area contributed by atoms with Gasteiger partial charge in [0.25, 0.3) is 5.91 Å². The summed E-state index contributed by atoms with van der Waals surface area (Å²) < 4.78 is 1.83. The zero-order valence-corrected chi connectivity index (χ0v) is 12.4. The number of anilines is 1. The third-order valence-corrected chi connectivity index (χ3v) is 3.74. The summed E-state index contributed by atoms with van der Waals surface area (Å²) in [7, 11) is 0. The SMILES string of the molecule is CC(C)n1cc(NC(=O)c2ccc3c(c2)CNCC3)cn1. The lowest BCUT2D eigenvalue weighted by molar-refractivity contribution is 0.102. The summed E-state index contributed by atoms with van der Waals surface area (Å²) in [6, 6.07) is 6.21. The Balaban J connectivity index is 1.75. The Morgan fingerprint density at radius 3 is 3.00 bits per heavy atom. The zero-order valence-electron chi connectivity index (χ0n) is 12.4. The Labute approximate surface area is 124 Å². The molecule has 0 atom stereocenters. The summed E-state index contributed by atoms with van der Waals surface area (Å²) in [6.45, 7) is 5.94. The Morgan fingerprint density at radius 1 is 1.38 bits per heavy atom. The molecule has 1 aromatic heterocycles. The number of hydrogen-bond donors (Lipinski definition) is 2. The number of hydrogen-bond acceptors (Lipinski definition) is 3. The van der Waals surface area contributed by atoms with Gasteiger partial charge in [-0.2, -0.15) is 5.10 Å². The quantitative estimate of drug-likeness (QED) is 0.909. The fourth-order valence-electron chi connectivity index (χ4n) is 2.51. The third kappa shape index (κ3) is 2.97. The summed E-state index contributed by atoms with van der Waals surface area (Å²) in [5, 5.41) is 10.4. The lowest BCUT2D eigenvalue weighted by Gasteiger charge is -2.17. The van der Waals surface area contributed by atoms with Crippen LogP contribution in [0.5, 0.6) is 0 Å².